The number of methoxy groups -OCH3 is 2. The van der Waals surface area contributed by atoms with Gasteiger partial charge in [0.15, 0.2) is 4.80 Å². The summed E-state index contributed by atoms with van der Waals surface area (Å²) in [4.78, 5) is 35.2. The van der Waals surface area contributed by atoms with Gasteiger partial charge in [-0.3, -0.25) is 14.2 Å². The Morgan fingerprint density at radius 1 is 1.04 bits per heavy atom. The van der Waals surface area contributed by atoms with Crippen LogP contribution < -0.4 is 29.1 Å². The molecular weight excluding hydrogens is 713 g/mol. The number of carbonyl (C=O) groups excluding carboxylic acids is 1. The van der Waals surface area contributed by atoms with E-state index in [9.17, 15) is 9.59 Å². The van der Waals surface area contributed by atoms with Crippen molar-refractivity contribution in [3.8, 4) is 17.2 Å². The van der Waals surface area contributed by atoms with E-state index in [1.165, 1.54) is 11.3 Å². The molecule has 0 fully saturated rings. The van der Waals surface area contributed by atoms with Crippen LogP contribution in [0.2, 0.25) is 10.0 Å². The van der Waals surface area contributed by atoms with E-state index in [2.05, 4.69) is 15.9 Å². The first-order valence-corrected chi connectivity index (χ1v) is 16.9. The zero-order valence-corrected chi connectivity index (χ0v) is 29.8. The highest BCUT2D eigenvalue weighted by Gasteiger charge is 2.36. The second-order valence-corrected chi connectivity index (χ2v) is 13.1. The summed E-state index contributed by atoms with van der Waals surface area (Å²) in [5.41, 5.74) is 2.90. The van der Waals surface area contributed by atoms with Crippen molar-refractivity contribution in [2.75, 3.05) is 27.3 Å². The zero-order chi connectivity index (χ0) is 33.1. The summed E-state index contributed by atoms with van der Waals surface area (Å²) in [6, 6.07) is 15.4. The number of hydrogen-bond donors (Lipinski definition) is 0. The van der Waals surface area contributed by atoms with Crippen LogP contribution in [0, 0.1) is 0 Å². The second-order valence-electron chi connectivity index (χ2n) is 10.4. The third-order valence-corrected chi connectivity index (χ3v) is 9.88. The van der Waals surface area contributed by atoms with Gasteiger partial charge in [-0.25, -0.2) is 4.99 Å². The molecule has 0 unspecified atom stereocenters. The van der Waals surface area contributed by atoms with E-state index in [0.29, 0.717) is 71.0 Å². The molecule has 3 aromatic carbocycles. The van der Waals surface area contributed by atoms with Crippen molar-refractivity contribution in [2.24, 2.45) is 4.99 Å². The third kappa shape index (κ3) is 6.76. The minimum absolute atomic E-state index is 0.185. The molecule has 5 rings (SSSR count). The largest absolute Gasteiger partial charge is 0.497 e. The SMILES string of the molecule is CCN(CC)C(=O)C1=C(C)N=c2s/c(=C/c3ccc(OCc4ccc(Cl)cc4Cl)c(Br)c3)c(=O)n2[C@H]1c1cc(OC)ccc1OC. The average molecular weight is 746 g/mol. The summed E-state index contributed by atoms with van der Waals surface area (Å²) in [5, 5.41) is 1.08. The van der Waals surface area contributed by atoms with Crippen molar-refractivity contribution in [3.63, 3.8) is 0 Å². The summed E-state index contributed by atoms with van der Waals surface area (Å²) in [5.74, 6) is 1.53. The molecule has 0 saturated carbocycles. The van der Waals surface area contributed by atoms with Crippen molar-refractivity contribution in [2.45, 2.75) is 33.4 Å². The molecule has 1 atom stereocenters. The van der Waals surface area contributed by atoms with E-state index in [4.69, 9.17) is 42.4 Å². The zero-order valence-electron chi connectivity index (χ0n) is 25.9. The van der Waals surface area contributed by atoms with E-state index in [1.807, 2.05) is 44.2 Å². The number of carbonyl (C=O) groups is 1. The van der Waals surface area contributed by atoms with Gasteiger partial charge in [-0.05, 0) is 90.8 Å². The Hall–Kier alpha value is -3.57. The fourth-order valence-corrected chi connectivity index (χ4v) is 7.31. The number of allylic oxidation sites excluding steroid dienone is 1. The number of nitrogens with zero attached hydrogens (tertiary/aromatic N) is 3. The van der Waals surface area contributed by atoms with Crippen LogP contribution in [0.25, 0.3) is 6.08 Å². The molecule has 0 bridgehead atoms. The molecular formula is C34H32BrCl2N3O5S. The highest BCUT2D eigenvalue weighted by molar-refractivity contribution is 9.10. The minimum Gasteiger partial charge on any atom is -0.497 e. The van der Waals surface area contributed by atoms with Gasteiger partial charge >= 0.3 is 0 Å². The van der Waals surface area contributed by atoms with Gasteiger partial charge in [0.25, 0.3) is 11.5 Å². The standard InChI is InChI=1S/C34H32BrCl2N3O5S/c1-6-39(7-2)33(42)30-19(3)38-34-40(31(30)24-17-23(43-4)11-13-27(24)44-5)32(41)29(46-34)15-20-8-12-28(25(35)14-20)45-18-21-9-10-22(36)16-26(21)37/h8-17,31H,6-7,18H2,1-5H3/b29-15+/t31-/m0/s1. The highest BCUT2D eigenvalue weighted by atomic mass is 79.9. The van der Waals surface area contributed by atoms with Crippen molar-refractivity contribution < 1.29 is 19.0 Å². The number of likely N-dealkylation sites (N-methyl/N-ethyl adjacent to an activating group) is 1. The molecule has 12 heteroatoms. The molecule has 1 aromatic heterocycles. The predicted octanol–water partition coefficient (Wildman–Crippen LogP) is 6.77. The van der Waals surface area contributed by atoms with Gasteiger partial charge in [-0.15, -0.1) is 0 Å². The van der Waals surface area contributed by atoms with Gasteiger partial charge in [0.2, 0.25) is 0 Å². The van der Waals surface area contributed by atoms with E-state index in [0.717, 1.165) is 11.1 Å². The van der Waals surface area contributed by atoms with Gasteiger partial charge in [0.05, 0.1) is 34.5 Å². The normalized spacial score (nSPS) is 14.5. The van der Waals surface area contributed by atoms with Crippen LogP contribution in [0.4, 0.5) is 0 Å². The quantitative estimate of drug-likeness (QED) is 0.179. The van der Waals surface area contributed by atoms with E-state index < -0.39 is 6.04 Å². The molecule has 1 aliphatic heterocycles. The number of halogens is 3. The smallest absolute Gasteiger partial charge is 0.271 e. The molecule has 8 nitrogen and oxygen atoms in total. The molecule has 0 saturated heterocycles. The lowest BCUT2D eigenvalue weighted by molar-refractivity contribution is -0.127. The van der Waals surface area contributed by atoms with Gasteiger partial charge < -0.3 is 19.1 Å². The topological polar surface area (TPSA) is 82.4 Å². The third-order valence-electron chi connectivity index (χ3n) is 7.69. The van der Waals surface area contributed by atoms with Gasteiger partial charge in [0.1, 0.15) is 29.9 Å². The van der Waals surface area contributed by atoms with Crippen LogP contribution in [-0.4, -0.2) is 42.7 Å². The van der Waals surface area contributed by atoms with Crippen molar-refractivity contribution >= 4 is 62.5 Å². The van der Waals surface area contributed by atoms with Crippen molar-refractivity contribution in [3.05, 3.63) is 117 Å². The molecule has 0 N–H and O–H groups in total. The lowest BCUT2D eigenvalue weighted by Gasteiger charge is -2.30. The predicted molar refractivity (Wildman–Crippen MR) is 186 cm³/mol. The van der Waals surface area contributed by atoms with Crippen LogP contribution >= 0.6 is 50.5 Å². The number of aromatic nitrogens is 1. The molecule has 2 heterocycles. The number of hydrogen-bond acceptors (Lipinski definition) is 7. The van der Waals surface area contributed by atoms with E-state index in [1.54, 1.807) is 61.0 Å². The fourth-order valence-electron chi connectivity index (χ4n) is 5.29. The van der Waals surface area contributed by atoms with E-state index in [-0.39, 0.29) is 18.1 Å². The Labute approximate surface area is 289 Å². The van der Waals surface area contributed by atoms with Crippen molar-refractivity contribution in [1.82, 2.24) is 9.47 Å². The second kappa shape index (κ2) is 14.5. The van der Waals surface area contributed by atoms with Crippen LogP contribution in [-0.2, 0) is 11.4 Å². The average Bonchev–Trinajstić information content (AvgIpc) is 3.34. The highest BCUT2D eigenvalue weighted by Crippen LogP contribution is 2.38. The van der Waals surface area contributed by atoms with E-state index >= 15 is 0 Å². The lowest BCUT2D eigenvalue weighted by atomic mass is 9.93. The number of thiazole rings is 1. The van der Waals surface area contributed by atoms with Gasteiger partial charge in [-0.2, -0.15) is 0 Å². The molecule has 0 spiro atoms. The van der Waals surface area contributed by atoms with Gasteiger partial charge in [-0.1, -0.05) is 46.7 Å². The maximum atomic E-state index is 14.2. The molecule has 4 aromatic rings. The van der Waals surface area contributed by atoms with Crippen LogP contribution in [0.15, 0.2) is 80.1 Å². The maximum absolute atomic E-state index is 14.2. The number of rotatable bonds is 10. The number of benzene rings is 3. The van der Waals surface area contributed by atoms with Crippen molar-refractivity contribution in [1.29, 1.82) is 0 Å². The van der Waals surface area contributed by atoms with Crippen LogP contribution in [0.5, 0.6) is 17.2 Å². The molecule has 46 heavy (non-hydrogen) atoms. The fraction of sp³-hybridized carbons (Fsp3) is 0.265. The summed E-state index contributed by atoms with van der Waals surface area (Å²) in [6.45, 7) is 6.94. The molecule has 0 radical (unpaired) electrons. The van der Waals surface area contributed by atoms with Crippen LogP contribution in [0.1, 0.15) is 43.5 Å². The summed E-state index contributed by atoms with van der Waals surface area (Å²) in [7, 11) is 3.13. The first kappa shape index (κ1) is 33.8. The first-order valence-electron chi connectivity index (χ1n) is 14.5. The molecule has 1 amide bonds. The summed E-state index contributed by atoms with van der Waals surface area (Å²) < 4.78 is 20.0. The molecule has 0 aliphatic carbocycles. The molecule has 240 valence electrons. The Bertz CT molecular complexity index is 2020. The number of amides is 1. The van der Waals surface area contributed by atoms with Crippen LogP contribution in [0.3, 0.4) is 0 Å². The lowest BCUT2D eigenvalue weighted by Crippen LogP contribution is -2.43. The number of fused-ring (bicyclic) bond motifs is 1. The Kier molecular flexibility index (Phi) is 10.6. The Morgan fingerprint density at radius 2 is 1.78 bits per heavy atom. The molecule has 1 aliphatic rings. The maximum Gasteiger partial charge on any atom is 0.271 e. The Morgan fingerprint density at radius 3 is 2.43 bits per heavy atom. The minimum atomic E-state index is -0.779. The van der Waals surface area contributed by atoms with Gasteiger partial charge in [0, 0.05) is 34.3 Å². The summed E-state index contributed by atoms with van der Waals surface area (Å²) >= 11 is 17.2. The first-order chi connectivity index (χ1) is 22.1. The Balaban J connectivity index is 1.58. The number of ether oxygens (including phenoxy) is 3. The monoisotopic (exact) mass is 743 g/mol. The summed E-state index contributed by atoms with van der Waals surface area (Å²) in [6.07, 6.45) is 1.81.